The summed E-state index contributed by atoms with van der Waals surface area (Å²) in [6.45, 7) is 4.56. The average molecular weight is 582 g/mol. The Morgan fingerprint density at radius 3 is 2.52 bits per heavy atom. The lowest BCUT2D eigenvalue weighted by Gasteiger charge is -2.14. The summed E-state index contributed by atoms with van der Waals surface area (Å²) in [5, 5.41) is 3.28. The number of thioether (sulfide) groups is 1. The summed E-state index contributed by atoms with van der Waals surface area (Å²) >= 11 is 3.35. The SMILES string of the molecule is CCOc1ccc(N=C2NC(=O)/C(=C\c3cc(I)c(OCC(=O)OC)c(OCC)c3)S2)cc1. The Hall–Kier alpha value is -2.73. The highest BCUT2D eigenvalue weighted by Crippen LogP contribution is 2.36. The molecule has 0 atom stereocenters. The number of carbonyl (C=O) groups is 2. The molecule has 0 aromatic heterocycles. The van der Waals surface area contributed by atoms with Gasteiger partial charge in [0, 0.05) is 0 Å². The van der Waals surface area contributed by atoms with E-state index in [9.17, 15) is 9.59 Å². The summed E-state index contributed by atoms with van der Waals surface area (Å²) in [4.78, 5) is 28.9. The first-order valence-electron chi connectivity index (χ1n) is 10.1. The molecule has 10 heteroatoms. The zero-order valence-electron chi connectivity index (χ0n) is 18.3. The first-order valence-corrected chi connectivity index (χ1v) is 12.0. The van der Waals surface area contributed by atoms with Crippen molar-refractivity contribution < 1.29 is 28.5 Å². The quantitative estimate of drug-likeness (QED) is 0.264. The zero-order chi connectivity index (χ0) is 23.8. The molecule has 1 fully saturated rings. The number of amidine groups is 1. The number of esters is 1. The van der Waals surface area contributed by atoms with Crippen LogP contribution in [0.15, 0.2) is 46.3 Å². The van der Waals surface area contributed by atoms with Gasteiger partial charge in [0.25, 0.3) is 5.91 Å². The predicted octanol–water partition coefficient (Wildman–Crippen LogP) is 4.53. The third kappa shape index (κ3) is 6.87. The van der Waals surface area contributed by atoms with Crippen LogP contribution in [0.1, 0.15) is 19.4 Å². The van der Waals surface area contributed by atoms with Gasteiger partial charge >= 0.3 is 5.97 Å². The fourth-order valence-electron chi connectivity index (χ4n) is 2.80. The van der Waals surface area contributed by atoms with Gasteiger partial charge in [0.15, 0.2) is 23.3 Å². The molecular weight excluding hydrogens is 559 g/mol. The molecule has 3 rings (SSSR count). The Bertz CT molecular complexity index is 1090. The minimum absolute atomic E-state index is 0.226. The van der Waals surface area contributed by atoms with Crippen LogP contribution >= 0.6 is 34.4 Å². The van der Waals surface area contributed by atoms with Crippen molar-refractivity contribution in [3.05, 3.63) is 50.4 Å². The van der Waals surface area contributed by atoms with Crippen LogP contribution in [-0.4, -0.2) is 44.0 Å². The van der Waals surface area contributed by atoms with Crippen molar-refractivity contribution in [3.63, 3.8) is 0 Å². The summed E-state index contributed by atoms with van der Waals surface area (Å²) in [5.41, 5.74) is 1.47. The molecular formula is C23H23IN2O6S. The van der Waals surface area contributed by atoms with Gasteiger partial charge in [-0.05, 0) is 96.2 Å². The minimum Gasteiger partial charge on any atom is -0.494 e. The van der Waals surface area contributed by atoms with Crippen LogP contribution < -0.4 is 19.5 Å². The van der Waals surface area contributed by atoms with Crippen LogP contribution in [0.5, 0.6) is 17.2 Å². The number of nitrogens with one attached hydrogen (secondary N) is 1. The molecule has 8 nitrogen and oxygen atoms in total. The number of aliphatic imine (C=N–C) groups is 1. The molecule has 1 amide bonds. The molecule has 1 saturated heterocycles. The van der Waals surface area contributed by atoms with E-state index in [4.69, 9.17) is 14.2 Å². The smallest absolute Gasteiger partial charge is 0.343 e. The minimum atomic E-state index is -0.488. The maximum Gasteiger partial charge on any atom is 0.343 e. The molecule has 2 aromatic carbocycles. The Morgan fingerprint density at radius 2 is 1.85 bits per heavy atom. The van der Waals surface area contributed by atoms with Crippen molar-refractivity contribution in [2.24, 2.45) is 4.99 Å². The van der Waals surface area contributed by atoms with Crippen molar-refractivity contribution in [1.82, 2.24) is 5.32 Å². The van der Waals surface area contributed by atoms with Gasteiger partial charge in [-0.15, -0.1) is 0 Å². The van der Waals surface area contributed by atoms with E-state index in [1.807, 2.05) is 44.2 Å². The second kappa shape index (κ2) is 11.9. The molecule has 0 radical (unpaired) electrons. The number of benzene rings is 2. The van der Waals surface area contributed by atoms with Gasteiger partial charge < -0.3 is 24.3 Å². The Morgan fingerprint density at radius 1 is 1.12 bits per heavy atom. The van der Waals surface area contributed by atoms with E-state index in [0.29, 0.717) is 40.5 Å². The second-order valence-electron chi connectivity index (χ2n) is 6.54. The number of amides is 1. The fraction of sp³-hybridized carbons (Fsp3) is 0.261. The van der Waals surface area contributed by atoms with Crippen molar-refractivity contribution in [2.45, 2.75) is 13.8 Å². The number of methoxy groups -OCH3 is 1. The topological polar surface area (TPSA) is 95.5 Å². The summed E-state index contributed by atoms with van der Waals surface area (Å²) < 4.78 is 22.1. The van der Waals surface area contributed by atoms with Crippen LogP contribution in [0.2, 0.25) is 0 Å². The number of halogens is 1. The third-order valence-corrected chi connectivity index (χ3v) is 5.93. The fourth-order valence-corrected chi connectivity index (χ4v) is 4.42. The molecule has 0 bridgehead atoms. The van der Waals surface area contributed by atoms with E-state index in [2.05, 4.69) is 37.6 Å². The largest absolute Gasteiger partial charge is 0.494 e. The molecule has 0 spiro atoms. The second-order valence-corrected chi connectivity index (χ2v) is 8.73. The first kappa shape index (κ1) is 24.9. The van der Waals surface area contributed by atoms with E-state index in [0.717, 1.165) is 14.9 Å². The lowest BCUT2D eigenvalue weighted by molar-refractivity contribution is -0.143. The molecule has 0 saturated carbocycles. The van der Waals surface area contributed by atoms with E-state index >= 15 is 0 Å². The van der Waals surface area contributed by atoms with Crippen molar-refractivity contribution in [1.29, 1.82) is 0 Å². The molecule has 0 aliphatic carbocycles. The maximum atomic E-state index is 12.5. The van der Waals surface area contributed by atoms with E-state index in [-0.39, 0.29) is 12.5 Å². The Balaban J connectivity index is 1.80. The summed E-state index contributed by atoms with van der Waals surface area (Å²) in [7, 11) is 1.30. The average Bonchev–Trinajstić information content (AvgIpc) is 3.13. The molecule has 1 heterocycles. The van der Waals surface area contributed by atoms with Gasteiger partial charge in [-0.2, -0.15) is 0 Å². The molecule has 1 aliphatic heterocycles. The highest BCUT2D eigenvalue weighted by Gasteiger charge is 2.24. The third-order valence-electron chi connectivity index (χ3n) is 4.22. The van der Waals surface area contributed by atoms with E-state index in [1.165, 1.54) is 18.9 Å². The van der Waals surface area contributed by atoms with E-state index < -0.39 is 5.97 Å². The number of carbonyl (C=O) groups excluding carboxylic acids is 2. The standard InChI is InChI=1S/C23H23IN2O6S/c1-4-30-16-8-6-15(7-9-16)25-23-26-22(28)19(33-23)12-14-10-17(24)21(18(11-14)31-5-2)32-13-20(27)29-3/h6-12H,4-5,13H2,1-3H3,(H,25,26,28)/b19-12+. The van der Waals surface area contributed by atoms with Crippen LogP contribution in [0, 0.1) is 3.57 Å². The molecule has 1 aliphatic rings. The molecule has 1 N–H and O–H groups in total. The number of rotatable bonds is 9. The Kier molecular flexibility index (Phi) is 9.01. The highest BCUT2D eigenvalue weighted by molar-refractivity contribution is 14.1. The number of nitrogens with zero attached hydrogens (tertiary/aromatic N) is 1. The summed E-state index contributed by atoms with van der Waals surface area (Å²) in [6, 6.07) is 10.9. The number of hydrogen-bond donors (Lipinski definition) is 1. The first-order chi connectivity index (χ1) is 15.9. The maximum absolute atomic E-state index is 12.5. The number of hydrogen-bond acceptors (Lipinski definition) is 8. The van der Waals surface area contributed by atoms with Gasteiger partial charge in [0.2, 0.25) is 0 Å². The summed E-state index contributed by atoms with van der Waals surface area (Å²) in [6.07, 6.45) is 1.76. The predicted molar refractivity (Wildman–Crippen MR) is 136 cm³/mol. The monoisotopic (exact) mass is 582 g/mol. The molecule has 0 unspecified atom stereocenters. The van der Waals surface area contributed by atoms with Crippen molar-refractivity contribution in [3.8, 4) is 17.2 Å². The van der Waals surface area contributed by atoms with Crippen LogP contribution in [0.3, 0.4) is 0 Å². The highest BCUT2D eigenvalue weighted by atomic mass is 127. The lowest BCUT2D eigenvalue weighted by atomic mass is 10.2. The van der Waals surface area contributed by atoms with Gasteiger partial charge in [-0.25, -0.2) is 9.79 Å². The molecule has 33 heavy (non-hydrogen) atoms. The van der Waals surface area contributed by atoms with Gasteiger partial charge in [-0.3, -0.25) is 4.79 Å². The van der Waals surface area contributed by atoms with Crippen LogP contribution in [-0.2, 0) is 14.3 Å². The van der Waals surface area contributed by atoms with Gasteiger partial charge in [0.05, 0.1) is 34.5 Å². The van der Waals surface area contributed by atoms with Crippen LogP contribution in [0.25, 0.3) is 6.08 Å². The normalized spacial score (nSPS) is 15.5. The molecule has 2 aromatic rings. The van der Waals surface area contributed by atoms with Gasteiger partial charge in [-0.1, -0.05) is 0 Å². The van der Waals surface area contributed by atoms with Crippen molar-refractivity contribution >= 4 is 63.2 Å². The van der Waals surface area contributed by atoms with Crippen molar-refractivity contribution in [2.75, 3.05) is 26.9 Å². The zero-order valence-corrected chi connectivity index (χ0v) is 21.3. The lowest BCUT2D eigenvalue weighted by Crippen LogP contribution is -2.19. The summed E-state index contributed by atoms with van der Waals surface area (Å²) in [5.74, 6) is 0.975. The van der Waals surface area contributed by atoms with E-state index in [1.54, 1.807) is 12.1 Å². The van der Waals surface area contributed by atoms with Crippen LogP contribution in [0.4, 0.5) is 5.69 Å². The molecule has 174 valence electrons. The number of ether oxygens (including phenoxy) is 4. The van der Waals surface area contributed by atoms with Gasteiger partial charge in [0.1, 0.15) is 5.75 Å². The Labute approximate surface area is 209 Å².